The molecule has 0 saturated carbocycles. The molecule has 8 nitrogen and oxygen atoms in total. The number of nitrogens with zero attached hydrogens (tertiary/aromatic N) is 3. The molecule has 2 amide bonds. The molecule has 0 bridgehead atoms. The number of hydrogen-bond acceptors (Lipinski definition) is 5. The first-order valence-corrected chi connectivity index (χ1v) is 10.9. The van der Waals surface area contributed by atoms with Crippen molar-refractivity contribution in [3.05, 3.63) is 18.2 Å². The number of rotatable bonds is 7. The summed E-state index contributed by atoms with van der Waals surface area (Å²) in [6.07, 6.45) is 6.59. The van der Waals surface area contributed by atoms with Crippen LogP contribution in [-0.2, 0) is 20.9 Å². The third kappa shape index (κ3) is 4.64. The number of imidazole rings is 1. The number of carbonyl (C=O) groups is 2. The van der Waals surface area contributed by atoms with Crippen molar-refractivity contribution in [2.45, 2.75) is 64.3 Å². The van der Waals surface area contributed by atoms with Crippen LogP contribution in [0.3, 0.4) is 0 Å². The van der Waals surface area contributed by atoms with Crippen molar-refractivity contribution in [3.63, 3.8) is 0 Å². The predicted molar refractivity (Wildman–Crippen MR) is 108 cm³/mol. The summed E-state index contributed by atoms with van der Waals surface area (Å²) in [7, 11) is 0. The van der Waals surface area contributed by atoms with Crippen molar-refractivity contribution in [3.8, 4) is 0 Å². The van der Waals surface area contributed by atoms with Crippen molar-refractivity contribution in [1.29, 1.82) is 0 Å². The van der Waals surface area contributed by atoms with E-state index in [9.17, 15) is 9.59 Å². The second-order valence-corrected chi connectivity index (χ2v) is 8.96. The monoisotopic (exact) mass is 403 g/mol. The van der Waals surface area contributed by atoms with Gasteiger partial charge >= 0.3 is 0 Å². The third-order valence-corrected chi connectivity index (χ3v) is 6.48. The second kappa shape index (κ2) is 8.83. The number of amides is 2. The van der Waals surface area contributed by atoms with Gasteiger partial charge in [-0.3, -0.25) is 14.5 Å². The largest absolute Gasteiger partial charge is 0.376 e. The maximum Gasteiger partial charge on any atom is 0.225 e. The summed E-state index contributed by atoms with van der Waals surface area (Å²) in [6, 6.07) is 0.361. The van der Waals surface area contributed by atoms with Crippen LogP contribution in [0.25, 0.3) is 0 Å². The van der Waals surface area contributed by atoms with E-state index in [0.29, 0.717) is 26.0 Å². The van der Waals surface area contributed by atoms with E-state index < -0.39 is 0 Å². The van der Waals surface area contributed by atoms with E-state index in [0.717, 1.165) is 38.3 Å². The van der Waals surface area contributed by atoms with Crippen molar-refractivity contribution in [1.82, 2.24) is 25.1 Å². The van der Waals surface area contributed by atoms with Crippen molar-refractivity contribution in [2.24, 2.45) is 11.8 Å². The van der Waals surface area contributed by atoms with Gasteiger partial charge in [0.1, 0.15) is 5.82 Å². The number of H-pyrrole nitrogens is 1. The predicted octanol–water partition coefficient (Wildman–Crippen LogP) is 1.15. The van der Waals surface area contributed by atoms with E-state index in [1.165, 1.54) is 0 Å². The molecule has 3 saturated heterocycles. The Hall–Kier alpha value is -1.93. The number of nitrogens with one attached hydrogen (secondary N) is 2. The highest BCUT2D eigenvalue weighted by molar-refractivity contribution is 5.77. The molecule has 8 heteroatoms. The molecule has 0 radical (unpaired) electrons. The number of aromatic amines is 1. The highest BCUT2D eigenvalue weighted by atomic mass is 16.5. The van der Waals surface area contributed by atoms with Gasteiger partial charge in [-0.15, -0.1) is 0 Å². The lowest BCUT2D eigenvalue weighted by atomic mass is 9.84. The molecule has 0 aromatic carbocycles. The lowest BCUT2D eigenvalue weighted by Gasteiger charge is -2.25. The van der Waals surface area contributed by atoms with Crippen LogP contribution in [0.5, 0.6) is 0 Å². The first kappa shape index (κ1) is 20.3. The van der Waals surface area contributed by atoms with Gasteiger partial charge in [-0.25, -0.2) is 4.98 Å². The van der Waals surface area contributed by atoms with E-state index in [1.54, 1.807) is 6.20 Å². The van der Waals surface area contributed by atoms with Crippen LogP contribution in [0.2, 0.25) is 0 Å². The number of aromatic nitrogens is 2. The summed E-state index contributed by atoms with van der Waals surface area (Å²) in [4.78, 5) is 37.1. The summed E-state index contributed by atoms with van der Waals surface area (Å²) >= 11 is 0. The van der Waals surface area contributed by atoms with E-state index >= 15 is 0 Å². The van der Waals surface area contributed by atoms with E-state index in [2.05, 4.69) is 20.2 Å². The Kier molecular flexibility index (Phi) is 6.20. The Balaban J connectivity index is 1.46. The molecule has 29 heavy (non-hydrogen) atoms. The molecule has 4 heterocycles. The molecule has 0 unspecified atom stereocenters. The van der Waals surface area contributed by atoms with Gasteiger partial charge in [0.05, 0.1) is 25.7 Å². The minimum absolute atomic E-state index is 0.0834. The molecule has 0 spiro atoms. The number of fused-ring (bicyclic) bond motifs is 1. The van der Waals surface area contributed by atoms with Crippen LogP contribution >= 0.6 is 0 Å². The normalized spacial score (nSPS) is 29.6. The van der Waals surface area contributed by atoms with Gasteiger partial charge in [0.15, 0.2) is 0 Å². The first-order valence-electron chi connectivity index (χ1n) is 10.9. The molecule has 3 fully saturated rings. The van der Waals surface area contributed by atoms with E-state index in [4.69, 9.17) is 4.74 Å². The smallest absolute Gasteiger partial charge is 0.225 e. The van der Waals surface area contributed by atoms with Gasteiger partial charge in [-0.1, -0.05) is 0 Å². The fourth-order valence-corrected chi connectivity index (χ4v) is 5.26. The number of hydrogen-bond donors (Lipinski definition) is 2. The fraction of sp³-hybridized carbons (Fsp3) is 0.762. The van der Waals surface area contributed by atoms with Crippen LogP contribution in [0.15, 0.2) is 12.4 Å². The number of carbonyl (C=O) groups excluding carboxylic acids is 2. The lowest BCUT2D eigenvalue weighted by Crippen LogP contribution is -2.37. The van der Waals surface area contributed by atoms with E-state index in [-0.39, 0.29) is 41.8 Å². The highest BCUT2D eigenvalue weighted by Crippen LogP contribution is 2.42. The molecule has 160 valence electrons. The SMILES string of the molecule is CC(C)NC(=O)C[C@@H]1CN(Cc2ncc[nH]2)[C@@H]2CO[C@@H](CC(=O)N3CCCC3)[C@H]12. The third-order valence-electron chi connectivity index (χ3n) is 6.48. The summed E-state index contributed by atoms with van der Waals surface area (Å²) in [5.41, 5.74) is 0. The Morgan fingerprint density at radius 3 is 2.79 bits per heavy atom. The minimum atomic E-state index is -0.105. The highest BCUT2D eigenvalue weighted by Gasteiger charge is 2.51. The molecular weight excluding hydrogens is 370 g/mol. The van der Waals surface area contributed by atoms with Crippen LogP contribution in [-0.4, -0.2) is 76.0 Å². The summed E-state index contributed by atoms with van der Waals surface area (Å²) in [5, 5.41) is 3.02. The zero-order chi connectivity index (χ0) is 20.4. The van der Waals surface area contributed by atoms with Gasteiger partial charge in [0.25, 0.3) is 0 Å². The molecule has 2 N–H and O–H groups in total. The van der Waals surface area contributed by atoms with Crippen molar-refractivity contribution < 1.29 is 14.3 Å². The zero-order valence-corrected chi connectivity index (χ0v) is 17.5. The summed E-state index contributed by atoms with van der Waals surface area (Å²) in [5.74, 6) is 1.60. The quantitative estimate of drug-likeness (QED) is 0.713. The summed E-state index contributed by atoms with van der Waals surface area (Å²) < 4.78 is 6.14. The van der Waals surface area contributed by atoms with E-state index in [1.807, 2.05) is 24.9 Å². The topological polar surface area (TPSA) is 90.6 Å². The van der Waals surface area contributed by atoms with Crippen LogP contribution in [0, 0.1) is 11.8 Å². The Bertz CT molecular complexity index is 701. The lowest BCUT2D eigenvalue weighted by molar-refractivity contribution is -0.133. The minimum Gasteiger partial charge on any atom is -0.376 e. The maximum atomic E-state index is 12.7. The summed E-state index contributed by atoms with van der Waals surface area (Å²) in [6.45, 7) is 7.86. The molecule has 1 aromatic rings. The molecule has 3 aliphatic rings. The molecular formula is C21H33N5O3. The molecule has 4 rings (SSSR count). The second-order valence-electron chi connectivity index (χ2n) is 8.96. The average Bonchev–Trinajstić information content (AvgIpc) is 3.43. The average molecular weight is 404 g/mol. The van der Waals surface area contributed by atoms with Gasteiger partial charge in [-0.05, 0) is 32.6 Å². The van der Waals surface area contributed by atoms with Crippen LogP contribution in [0.4, 0.5) is 0 Å². The van der Waals surface area contributed by atoms with Crippen molar-refractivity contribution >= 4 is 11.8 Å². The van der Waals surface area contributed by atoms with Crippen LogP contribution in [0.1, 0.15) is 45.4 Å². The molecule has 3 aliphatic heterocycles. The first-order chi connectivity index (χ1) is 14.0. The molecule has 0 aliphatic carbocycles. The standard InChI is InChI=1S/C21H33N5O3/c1-14(2)24-19(27)9-15-11-26(12-18-22-5-6-23-18)16-13-29-17(21(15)16)10-20(28)25-7-3-4-8-25/h5-6,14-17,21H,3-4,7-13H2,1-2H3,(H,22,23)(H,24,27)/t15-,16-,17+,21-/m1/s1. The number of ether oxygens (including phenoxy) is 1. The Morgan fingerprint density at radius 1 is 1.31 bits per heavy atom. The Morgan fingerprint density at radius 2 is 2.10 bits per heavy atom. The van der Waals surface area contributed by atoms with Gasteiger partial charge in [-0.2, -0.15) is 0 Å². The van der Waals surface area contributed by atoms with Crippen LogP contribution < -0.4 is 5.32 Å². The van der Waals surface area contributed by atoms with Gasteiger partial charge in [0, 0.05) is 56.5 Å². The van der Waals surface area contributed by atoms with Gasteiger partial charge in [0.2, 0.25) is 11.8 Å². The maximum absolute atomic E-state index is 12.7. The van der Waals surface area contributed by atoms with Gasteiger partial charge < -0.3 is 19.9 Å². The fourth-order valence-electron chi connectivity index (χ4n) is 5.26. The molecule has 4 atom stereocenters. The number of likely N-dealkylation sites (tertiary alicyclic amines) is 2. The molecule has 1 aromatic heterocycles. The zero-order valence-electron chi connectivity index (χ0n) is 17.5. The van der Waals surface area contributed by atoms with Crippen molar-refractivity contribution in [2.75, 3.05) is 26.2 Å². The Labute approximate surface area is 172 Å².